The third-order valence-corrected chi connectivity index (χ3v) is 1.07. The highest BCUT2D eigenvalue weighted by molar-refractivity contribution is 5.77. The minimum atomic E-state index is -3.71. The van der Waals surface area contributed by atoms with Crippen LogP contribution in [0.4, 0.5) is 8.78 Å². The molecule has 0 atom stereocenters. The Morgan fingerprint density at radius 3 is 2.55 bits per heavy atom. The van der Waals surface area contributed by atoms with E-state index in [1.54, 1.807) is 0 Å². The number of carboxylic acid groups (broad SMARTS) is 1. The Hall–Kier alpha value is -0.930. The lowest BCUT2D eigenvalue weighted by atomic mass is 10.2. The second-order valence-corrected chi connectivity index (χ2v) is 2.12. The number of carboxylic acids is 1. The first kappa shape index (κ1) is 10.1. The quantitative estimate of drug-likeness (QED) is 0.646. The summed E-state index contributed by atoms with van der Waals surface area (Å²) in [6, 6.07) is 0. The molecule has 0 aromatic heterocycles. The molecule has 0 bridgehead atoms. The number of halogens is 2. The molecule has 0 amide bonds. The molecule has 11 heavy (non-hydrogen) atoms. The summed E-state index contributed by atoms with van der Waals surface area (Å²) in [5, 5.41) is 7.94. The number of alkyl halides is 2. The molecule has 0 unspecified atom stereocenters. The minimum absolute atomic E-state index is 0.416. The molecule has 0 spiro atoms. The first-order chi connectivity index (χ1) is 5.00. The summed E-state index contributed by atoms with van der Waals surface area (Å²) in [7, 11) is 0. The van der Waals surface area contributed by atoms with E-state index in [0.29, 0.717) is 12.5 Å². The third kappa shape index (κ3) is 3.70. The van der Waals surface area contributed by atoms with Crippen molar-refractivity contribution in [2.75, 3.05) is 0 Å². The maximum Gasteiger partial charge on any atom is 0.378 e. The largest absolute Gasteiger partial charge is 0.477 e. The average Bonchev–Trinajstić information content (AvgIpc) is 1.88. The van der Waals surface area contributed by atoms with Crippen LogP contribution in [0, 0.1) is 0 Å². The van der Waals surface area contributed by atoms with Crippen molar-refractivity contribution in [3.05, 3.63) is 12.2 Å². The standard InChI is InChI=1S/C7H10F2O2/c1-2-3-4-5-7(8,9)6(10)11/h4-5H,2-3H2,1H3,(H,10,11)/b5-4+. The molecule has 0 aromatic carbocycles. The maximum absolute atomic E-state index is 12.2. The molecule has 0 aliphatic carbocycles. The van der Waals surface area contributed by atoms with E-state index in [9.17, 15) is 13.6 Å². The fourth-order valence-electron chi connectivity index (χ4n) is 0.469. The summed E-state index contributed by atoms with van der Waals surface area (Å²) in [5.41, 5.74) is 0. The van der Waals surface area contributed by atoms with E-state index in [1.807, 2.05) is 6.92 Å². The van der Waals surface area contributed by atoms with Crippen molar-refractivity contribution >= 4 is 5.97 Å². The summed E-state index contributed by atoms with van der Waals surface area (Å²) in [6.45, 7) is 1.82. The third-order valence-electron chi connectivity index (χ3n) is 1.07. The maximum atomic E-state index is 12.2. The van der Waals surface area contributed by atoms with Gasteiger partial charge in [-0.15, -0.1) is 0 Å². The van der Waals surface area contributed by atoms with Gasteiger partial charge in [0.2, 0.25) is 0 Å². The first-order valence-corrected chi connectivity index (χ1v) is 3.29. The number of unbranched alkanes of at least 4 members (excludes halogenated alkanes) is 1. The summed E-state index contributed by atoms with van der Waals surface area (Å²) in [5.74, 6) is -5.82. The Balaban J connectivity index is 4.00. The topological polar surface area (TPSA) is 37.3 Å². The summed E-state index contributed by atoms with van der Waals surface area (Å²) < 4.78 is 24.4. The Kier molecular flexibility index (Phi) is 3.71. The molecule has 64 valence electrons. The van der Waals surface area contributed by atoms with Gasteiger partial charge in [0.25, 0.3) is 0 Å². The van der Waals surface area contributed by atoms with Gasteiger partial charge in [0.05, 0.1) is 0 Å². The lowest BCUT2D eigenvalue weighted by molar-refractivity contribution is -0.158. The zero-order chi connectivity index (χ0) is 8.91. The second-order valence-electron chi connectivity index (χ2n) is 2.12. The SMILES string of the molecule is CCC/C=C/C(F)(F)C(=O)O. The van der Waals surface area contributed by atoms with Crippen LogP contribution in [0.5, 0.6) is 0 Å². The Labute approximate surface area is 63.5 Å². The van der Waals surface area contributed by atoms with E-state index >= 15 is 0 Å². The van der Waals surface area contributed by atoms with Crippen LogP contribution in [0.1, 0.15) is 19.8 Å². The van der Waals surface area contributed by atoms with Crippen LogP contribution in [0.25, 0.3) is 0 Å². The predicted molar refractivity (Wildman–Crippen MR) is 36.6 cm³/mol. The average molecular weight is 164 g/mol. The van der Waals surface area contributed by atoms with Crippen LogP contribution in [0.15, 0.2) is 12.2 Å². The van der Waals surface area contributed by atoms with Crippen molar-refractivity contribution in [1.82, 2.24) is 0 Å². The molecule has 0 saturated heterocycles. The second kappa shape index (κ2) is 4.05. The summed E-state index contributed by atoms with van der Waals surface area (Å²) in [4.78, 5) is 9.81. The molecule has 0 aromatic rings. The van der Waals surface area contributed by atoms with Gasteiger partial charge >= 0.3 is 11.9 Å². The molecule has 0 saturated carbocycles. The van der Waals surface area contributed by atoms with Gasteiger partial charge in [-0.1, -0.05) is 19.4 Å². The Morgan fingerprint density at radius 2 is 2.18 bits per heavy atom. The van der Waals surface area contributed by atoms with Gasteiger partial charge in [0.15, 0.2) is 0 Å². The van der Waals surface area contributed by atoms with Gasteiger partial charge in [-0.05, 0) is 12.5 Å². The van der Waals surface area contributed by atoms with E-state index < -0.39 is 11.9 Å². The van der Waals surface area contributed by atoms with Crippen LogP contribution in [0.2, 0.25) is 0 Å². The van der Waals surface area contributed by atoms with Gasteiger partial charge in [0.1, 0.15) is 0 Å². The molecule has 0 aliphatic heterocycles. The van der Waals surface area contributed by atoms with E-state index in [1.165, 1.54) is 6.08 Å². The van der Waals surface area contributed by atoms with Crippen LogP contribution in [-0.2, 0) is 4.79 Å². The van der Waals surface area contributed by atoms with Gasteiger partial charge in [-0.2, -0.15) is 8.78 Å². The van der Waals surface area contributed by atoms with Crippen LogP contribution in [-0.4, -0.2) is 17.0 Å². The molecule has 1 N–H and O–H groups in total. The predicted octanol–water partition coefficient (Wildman–Crippen LogP) is 2.06. The van der Waals surface area contributed by atoms with Gasteiger partial charge in [-0.3, -0.25) is 0 Å². The van der Waals surface area contributed by atoms with Crippen molar-refractivity contribution in [3.63, 3.8) is 0 Å². The minimum Gasteiger partial charge on any atom is -0.477 e. The number of allylic oxidation sites excluding steroid dienone is 1. The molecule has 0 radical (unpaired) electrons. The van der Waals surface area contributed by atoms with Crippen LogP contribution >= 0.6 is 0 Å². The van der Waals surface area contributed by atoms with E-state index in [4.69, 9.17) is 5.11 Å². The van der Waals surface area contributed by atoms with E-state index in [-0.39, 0.29) is 0 Å². The molecule has 0 fully saturated rings. The Morgan fingerprint density at radius 1 is 1.64 bits per heavy atom. The molecule has 0 rings (SSSR count). The summed E-state index contributed by atoms with van der Waals surface area (Å²) in [6.07, 6.45) is 2.79. The first-order valence-electron chi connectivity index (χ1n) is 3.29. The normalized spacial score (nSPS) is 12.3. The summed E-state index contributed by atoms with van der Waals surface area (Å²) >= 11 is 0. The molecular formula is C7H10F2O2. The fraction of sp³-hybridized carbons (Fsp3) is 0.571. The van der Waals surface area contributed by atoms with Crippen molar-refractivity contribution < 1.29 is 18.7 Å². The lowest BCUT2D eigenvalue weighted by Crippen LogP contribution is -2.24. The number of rotatable bonds is 4. The lowest BCUT2D eigenvalue weighted by Gasteiger charge is -2.03. The van der Waals surface area contributed by atoms with Crippen molar-refractivity contribution in [2.24, 2.45) is 0 Å². The number of hydrogen-bond acceptors (Lipinski definition) is 1. The Bertz CT molecular complexity index is 164. The number of aliphatic carboxylic acids is 1. The smallest absolute Gasteiger partial charge is 0.378 e. The number of hydrogen-bond donors (Lipinski definition) is 1. The van der Waals surface area contributed by atoms with Gasteiger partial charge in [0, 0.05) is 0 Å². The molecular weight excluding hydrogens is 154 g/mol. The van der Waals surface area contributed by atoms with Gasteiger partial charge in [-0.25, -0.2) is 4.79 Å². The highest BCUT2D eigenvalue weighted by Gasteiger charge is 2.34. The fourth-order valence-corrected chi connectivity index (χ4v) is 0.469. The molecule has 0 heterocycles. The van der Waals surface area contributed by atoms with E-state index in [0.717, 1.165) is 6.42 Å². The zero-order valence-electron chi connectivity index (χ0n) is 6.18. The van der Waals surface area contributed by atoms with Crippen LogP contribution in [0.3, 0.4) is 0 Å². The highest BCUT2D eigenvalue weighted by atomic mass is 19.3. The van der Waals surface area contributed by atoms with Crippen molar-refractivity contribution in [1.29, 1.82) is 0 Å². The zero-order valence-corrected chi connectivity index (χ0v) is 6.18. The molecule has 2 nitrogen and oxygen atoms in total. The molecule has 0 aliphatic rings. The van der Waals surface area contributed by atoms with E-state index in [2.05, 4.69) is 0 Å². The van der Waals surface area contributed by atoms with Crippen LogP contribution < -0.4 is 0 Å². The van der Waals surface area contributed by atoms with Crippen molar-refractivity contribution in [2.45, 2.75) is 25.7 Å². The van der Waals surface area contributed by atoms with Gasteiger partial charge < -0.3 is 5.11 Å². The van der Waals surface area contributed by atoms with Crippen molar-refractivity contribution in [3.8, 4) is 0 Å². The molecule has 4 heteroatoms. The monoisotopic (exact) mass is 164 g/mol. The highest BCUT2D eigenvalue weighted by Crippen LogP contribution is 2.15. The number of carbonyl (C=O) groups is 1.